The number of carbonyl (C=O) groups is 1. The van der Waals surface area contributed by atoms with Crippen LogP contribution in [0.25, 0.3) is 22.4 Å². The Morgan fingerprint density at radius 1 is 1.23 bits per heavy atom. The van der Waals surface area contributed by atoms with E-state index in [1.165, 1.54) is 0 Å². The fourth-order valence-electron chi connectivity index (χ4n) is 3.66. The second-order valence-electron chi connectivity index (χ2n) is 7.32. The largest absolute Gasteiger partial charge is 0.351 e. The number of halogens is 2. The molecular weight excluding hydrogens is 465 g/mol. The van der Waals surface area contributed by atoms with Crippen LogP contribution in [0.4, 0.5) is 10.3 Å². The zero-order valence-electron chi connectivity index (χ0n) is 16.6. The number of anilines is 1. The van der Waals surface area contributed by atoms with Gasteiger partial charge in [0.15, 0.2) is 5.82 Å². The fraction of sp³-hybridized carbons (Fsp3) is 0.273. The van der Waals surface area contributed by atoms with Crippen LogP contribution >= 0.6 is 15.9 Å². The maximum Gasteiger partial charge on any atom is 0.255 e. The summed E-state index contributed by atoms with van der Waals surface area (Å²) >= 11 is 3.20. The molecule has 31 heavy (non-hydrogen) atoms. The smallest absolute Gasteiger partial charge is 0.255 e. The fourth-order valence-corrected chi connectivity index (χ4v) is 4.02. The van der Waals surface area contributed by atoms with Gasteiger partial charge in [-0.2, -0.15) is 0 Å². The van der Waals surface area contributed by atoms with E-state index in [0.717, 1.165) is 19.0 Å². The molecule has 160 valence electrons. The van der Waals surface area contributed by atoms with E-state index < -0.39 is 5.82 Å². The summed E-state index contributed by atoms with van der Waals surface area (Å²) in [7, 11) is 0. The van der Waals surface area contributed by atoms with Crippen LogP contribution in [0, 0.1) is 5.82 Å². The molecule has 0 atom stereocenters. The molecule has 1 fully saturated rings. The first-order valence-corrected chi connectivity index (χ1v) is 11.1. The molecule has 7 nitrogen and oxygen atoms in total. The van der Waals surface area contributed by atoms with Crippen LogP contribution in [0.2, 0.25) is 0 Å². The summed E-state index contributed by atoms with van der Waals surface area (Å²) in [5.41, 5.74) is 1.69. The highest BCUT2D eigenvalue weighted by atomic mass is 79.9. The number of hydrogen-bond donors (Lipinski definition) is 2. The molecule has 0 aliphatic carbocycles. The average Bonchev–Trinajstić information content (AvgIpc) is 2.80. The van der Waals surface area contributed by atoms with Crippen LogP contribution in [0.15, 0.2) is 53.6 Å². The van der Waals surface area contributed by atoms with Crippen molar-refractivity contribution in [3.63, 3.8) is 0 Å². The van der Waals surface area contributed by atoms with Crippen molar-refractivity contribution in [2.45, 2.75) is 18.9 Å². The zero-order chi connectivity index (χ0) is 21.8. The van der Waals surface area contributed by atoms with Gasteiger partial charge in [0.2, 0.25) is 11.9 Å². The van der Waals surface area contributed by atoms with Crippen LogP contribution in [0.3, 0.4) is 0 Å². The van der Waals surface area contributed by atoms with Crippen molar-refractivity contribution in [1.29, 1.82) is 0 Å². The summed E-state index contributed by atoms with van der Waals surface area (Å²) in [5.74, 6) is -0.122. The molecule has 1 aliphatic rings. The monoisotopic (exact) mass is 485 g/mol. The number of H-pyrrole nitrogens is 1. The Morgan fingerprint density at radius 3 is 2.74 bits per heavy atom. The van der Waals surface area contributed by atoms with Gasteiger partial charge in [-0.1, -0.05) is 34.1 Å². The van der Waals surface area contributed by atoms with Crippen molar-refractivity contribution in [2.75, 3.05) is 23.7 Å². The number of amides is 1. The molecule has 1 aromatic carbocycles. The third kappa shape index (κ3) is 4.82. The molecule has 2 aromatic heterocycles. The molecule has 0 spiro atoms. The molecule has 1 saturated heterocycles. The van der Waals surface area contributed by atoms with Gasteiger partial charge in [0.05, 0.1) is 11.5 Å². The third-order valence-corrected chi connectivity index (χ3v) is 5.78. The number of likely N-dealkylation sites (tertiary alicyclic amines) is 1. The number of piperidine rings is 1. The molecule has 9 heteroatoms. The van der Waals surface area contributed by atoms with Crippen molar-refractivity contribution in [3.8, 4) is 22.4 Å². The van der Waals surface area contributed by atoms with Gasteiger partial charge in [-0.05, 0) is 36.6 Å². The van der Waals surface area contributed by atoms with Gasteiger partial charge in [0, 0.05) is 36.5 Å². The van der Waals surface area contributed by atoms with Crippen molar-refractivity contribution in [3.05, 3.63) is 65.0 Å². The Morgan fingerprint density at radius 2 is 2.00 bits per heavy atom. The van der Waals surface area contributed by atoms with Crippen LogP contribution in [0.5, 0.6) is 0 Å². The Balaban J connectivity index is 1.54. The van der Waals surface area contributed by atoms with Crippen LogP contribution in [0.1, 0.15) is 12.8 Å². The highest BCUT2D eigenvalue weighted by Gasteiger charge is 2.23. The number of benzene rings is 1. The number of carbonyl (C=O) groups excluding carboxylic acids is 1. The van der Waals surface area contributed by atoms with Crippen molar-refractivity contribution in [2.24, 2.45) is 0 Å². The Labute approximate surface area is 186 Å². The summed E-state index contributed by atoms with van der Waals surface area (Å²) in [5, 5.41) is 3.58. The molecule has 3 aromatic rings. The van der Waals surface area contributed by atoms with Gasteiger partial charge < -0.3 is 15.2 Å². The Kier molecular flexibility index (Phi) is 6.41. The number of rotatable bonds is 5. The van der Waals surface area contributed by atoms with Crippen LogP contribution < -0.4 is 10.9 Å². The minimum Gasteiger partial charge on any atom is -0.351 e. The highest BCUT2D eigenvalue weighted by Crippen LogP contribution is 2.26. The number of pyridine rings is 1. The summed E-state index contributed by atoms with van der Waals surface area (Å²) in [6.07, 6.45) is 4.25. The average molecular weight is 486 g/mol. The Hall–Kier alpha value is -3.07. The van der Waals surface area contributed by atoms with Gasteiger partial charge >= 0.3 is 0 Å². The molecule has 0 radical (unpaired) electrons. The number of hydrogen-bond acceptors (Lipinski definition) is 5. The van der Waals surface area contributed by atoms with Crippen molar-refractivity contribution < 1.29 is 9.18 Å². The lowest BCUT2D eigenvalue weighted by Gasteiger charge is -2.32. The number of nitrogens with one attached hydrogen (secondary N) is 2. The second-order valence-corrected chi connectivity index (χ2v) is 7.88. The molecule has 0 unspecified atom stereocenters. The van der Waals surface area contributed by atoms with Gasteiger partial charge in [-0.15, -0.1) is 0 Å². The quantitative estimate of drug-likeness (QED) is 0.540. The Bertz CT molecular complexity index is 1140. The third-order valence-electron chi connectivity index (χ3n) is 5.30. The van der Waals surface area contributed by atoms with Gasteiger partial charge in [0.25, 0.3) is 5.56 Å². The van der Waals surface area contributed by atoms with Gasteiger partial charge in [-0.3, -0.25) is 9.59 Å². The van der Waals surface area contributed by atoms with Crippen molar-refractivity contribution >= 4 is 27.8 Å². The van der Waals surface area contributed by atoms with E-state index in [4.69, 9.17) is 0 Å². The zero-order valence-corrected chi connectivity index (χ0v) is 18.2. The summed E-state index contributed by atoms with van der Waals surface area (Å²) < 4.78 is 14.6. The molecule has 1 amide bonds. The summed E-state index contributed by atoms with van der Waals surface area (Å²) in [4.78, 5) is 36.8. The maximum atomic E-state index is 14.6. The lowest BCUT2D eigenvalue weighted by Crippen LogP contribution is -2.43. The predicted molar refractivity (Wildman–Crippen MR) is 121 cm³/mol. The van der Waals surface area contributed by atoms with E-state index >= 15 is 0 Å². The lowest BCUT2D eigenvalue weighted by atomic mass is 10.0. The number of alkyl halides is 1. The number of nitrogens with zero attached hydrogens (tertiary/aromatic N) is 3. The normalized spacial score (nSPS) is 14.5. The van der Waals surface area contributed by atoms with E-state index in [1.807, 2.05) is 4.90 Å². The lowest BCUT2D eigenvalue weighted by molar-refractivity contribution is -0.129. The highest BCUT2D eigenvalue weighted by molar-refractivity contribution is 9.09. The minimum absolute atomic E-state index is 0.0795. The first-order chi connectivity index (χ1) is 15.0. The van der Waals surface area contributed by atoms with Gasteiger partial charge in [-0.25, -0.2) is 14.4 Å². The van der Waals surface area contributed by atoms with Gasteiger partial charge in [0.1, 0.15) is 5.69 Å². The number of aromatic amines is 1. The molecule has 1 aliphatic heterocycles. The molecule has 0 bridgehead atoms. The van der Waals surface area contributed by atoms with E-state index in [2.05, 4.69) is 36.2 Å². The van der Waals surface area contributed by atoms with Crippen LogP contribution in [-0.2, 0) is 4.79 Å². The molecule has 0 saturated carbocycles. The number of aromatic nitrogens is 3. The molecule has 2 N–H and O–H groups in total. The van der Waals surface area contributed by atoms with Crippen LogP contribution in [-0.4, -0.2) is 50.2 Å². The molecule has 4 rings (SSSR count). The first kappa shape index (κ1) is 21.2. The molecule has 3 heterocycles. The molecular formula is C22H21BrFN5O2. The standard InChI is InChI=1S/C22H21BrFN5O2/c23-12-19(30)29-9-6-16(7-10-29)27-22-26-13-18(24)20(28-22)15-4-1-3-14(11-15)17-5-2-8-25-21(17)31/h1-5,8,11,13,16H,6-7,9-10,12H2,(H,25,31)(H,26,27,28). The van der Waals surface area contributed by atoms with E-state index in [9.17, 15) is 14.0 Å². The van der Waals surface area contributed by atoms with E-state index in [-0.39, 0.29) is 23.2 Å². The summed E-state index contributed by atoms with van der Waals surface area (Å²) in [6, 6.07) is 10.6. The maximum absolute atomic E-state index is 14.6. The minimum atomic E-state index is -0.539. The second kappa shape index (κ2) is 9.38. The van der Waals surface area contributed by atoms with E-state index in [0.29, 0.717) is 41.1 Å². The topological polar surface area (TPSA) is 91.0 Å². The summed E-state index contributed by atoms with van der Waals surface area (Å²) in [6.45, 7) is 1.31. The SMILES string of the molecule is O=C(CBr)N1CCC(Nc2ncc(F)c(-c3cccc(-c4ccc[nH]c4=O)c3)n2)CC1. The van der Waals surface area contributed by atoms with E-state index in [1.54, 1.807) is 42.6 Å². The van der Waals surface area contributed by atoms with Crippen molar-refractivity contribution in [1.82, 2.24) is 19.9 Å². The first-order valence-electron chi connectivity index (χ1n) is 9.96. The predicted octanol–water partition coefficient (Wildman–Crippen LogP) is 3.44.